The van der Waals surface area contributed by atoms with Gasteiger partial charge in [0, 0.05) is 32.8 Å². The highest BCUT2D eigenvalue weighted by Gasteiger charge is 2.23. The van der Waals surface area contributed by atoms with Gasteiger partial charge in [-0.3, -0.25) is 0 Å². The number of nitrogens with zero attached hydrogens (tertiary/aromatic N) is 2. The zero-order valence-electron chi connectivity index (χ0n) is 18.7. The molecule has 2 rings (SSSR count). The SMILES string of the molecule is C=CNNC(Cc1ccc(C)cc1)N(Cc1ccccc1)C(=C)C(=C)N(C)CCC. The topological polar surface area (TPSA) is 30.5 Å². The van der Waals surface area contributed by atoms with Crippen molar-refractivity contribution in [2.75, 3.05) is 13.6 Å². The molecule has 30 heavy (non-hydrogen) atoms. The normalized spacial score (nSPS) is 11.4. The Hall–Kier alpha value is -2.98. The number of rotatable bonds is 13. The molecule has 0 heterocycles. The van der Waals surface area contributed by atoms with Crippen molar-refractivity contribution in [3.63, 3.8) is 0 Å². The molecule has 4 heteroatoms. The van der Waals surface area contributed by atoms with Crippen LogP contribution in [0.1, 0.15) is 30.0 Å². The third kappa shape index (κ3) is 6.82. The van der Waals surface area contributed by atoms with Gasteiger partial charge in [-0.15, -0.1) is 0 Å². The lowest BCUT2D eigenvalue weighted by molar-refractivity contribution is 0.188. The third-order valence-corrected chi connectivity index (χ3v) is 5.17. The van der Waals surface area contributed by atoms with E-state index in [1.807, 2.05) is 6.07 Å². The van der Waals surface area contributed by atoms with Crippen LogP contribution < -0.4 is 10.9 Å². The van der Waals surface area contributed by atoms with Crippen LogP contribution in [0.25, 0.3) is 0 Å². The van der Waals surface area contributed by atoms with Gasteiger partial charge in [-0.05, 0) is 24.5 Å². The first kappa shape index (κ1) is 23.3. The van der Waals surface area contributed by atoms with Gasteiger partial charge in [-0.25, -0.2) is 5.43 Å². The highest BCUT2D eigenvalue weighted by molar-refractivity contribution is 5.27. The second-order valence-electron chi connectivity index (χ2n) is 7.63. The van der Waals surface area contributed by atoms with Gasteiger partial charge in [0.15, 0.2) is 0 Å². The monoisotopic (exact) mass is 404 g/mol. The van der Waals surface area contributed by atoms with Crippen molar-refractivity contribution in [1.29, 1.82) is 0 Å². The standard InChI is InChI=1S/C26H36N4/c1-7-18-29(6)22(4)23(5)30(20-25-12-10-9-11-13-25)26(28-27-8-2)19-24-16-14-21(3)15-17-24/h8-17,26-28H,2,4-5,7,18-20H2,1,3,6H3. The van der Waals surface area contributed by atoms with E-state index in [0.29, 0.717) is 0 Å². The Labute approximate surface area is 182 Å². The molecule has 0 radical (unpaired) electrons. The molecule has 0 aliphatic heterocycles. The quantitative estimate of drug-likeness (QED) is 0.280. The fourth-order valence-corrected chi connectivity index (χ4v) is 3.37. The molecule has 2 aromatic rings. The summed E-state index contributed by atoms with van der Waals surface area (Å²) in [6, 6.07) is 19.1. The third-order valence-electron chi connectivity index (χ3n) is 5.17. The van der Waals surface area contributed by atoms with Gasteiger partial charge in [-0.2, -0.15) is 0 Å². The lowest BCUT2D eigenvalue weighted by Gasteiger charge is -2.38. The van der Waals surface area contributed by atoms with E-state index in [0.717, 1.165) is 37.3 Å². The van der Waals surface area contributed by atoms with Gasteiger partial charge >= 0.3 is 0 Å². The van der Waals surface area contributed by atoms with E-state index in [4.69, 9.17) is 0 Å². The molecule has 0 amide bonds. The second-order valence-corrected chi connectivity index (χ2v) is 7.63. The zero-order chi connectivity index (χ0) is 21.9. The molecule has 0 fully saturated rings. The van der Waals surface area contributed by atoms with E-state index in [2.05, 4.69) is 110 Å². The van der Waals surface area contributed by atoms with Gasteiger partial charge in [0.2, 0.25) is 0 Å². The summed E-state index contributed by atoms with van der Waals surface area (Å²) in [6.45, 7) is 18.5. The summed E-state index contributed by atoms with van der Waals surface area (Å²) in [4.78, 5) is 4.45. The smallest absolute Gasteiger partial charge is 0.101 e. The minimum atomic E-state index is -0.0369. The number of hydrogen-bond acceptors (Lipinski definition) is 4. The molecular formula is C26H36N4. The highest BCUT2D eigenvalue weighted by Crippen LogP contribution is 2.22. The molecule has 2 N–H and O–H groups in total. The number of likely N-dealkylation sites (N-methyl/N-ethyl adjacent to an activating group) is 1. The minimum Gasteiger partial charge on any atom is -0.373 e. The molecule has 0 saturated heterocycles. The van der Waals surface area contributed by atoms with E-state index in [9.17, 15) is 0 Å². The van der Waals surface area contributed by atoms with Crippen molar-refractivity contribution in [2.45, 2.75) is 39.4 Å². The van der Waals surface area contributed by atoms with Crippen LogP contribution in [0.5, 0.6) is 0 Å². The molecule has 0 aliphatic rings. The zero-order valence-corrected chi connectivity index (χ0v) is 18.7. The van der Waals surface area contributed by atoms with Crippen molar-refractivity contribution in [3.8, 4) is 0 Å². The van der Waals surface area contributed by atoms with Gasteiger partial charge in [-0.1, -0.05) is 86.8 Å². The molecule has 2 aromatic carbocycles. The summed E-state index contributed by atoms with van der Waals surface area (Å²) >= 11 is 0. The first-order valence-corrected chi connectivity index (χ1v) is 10.5. The lowest BCUT2D eigenvalue weighted by Crippen LogP contribution is -2.51. The fourth-order valence-electron chi connectivity index (χ4n) is 3.37. The molecule has 160 valence electrons. The van der Waals surface area contributed by atoms with Crippen molar-refractivity contribution in [2.24, 2.45) is 0 Å². The Morgan fingerprint density at radius 2 is 1.67 bits per heavy atom. The summed E-state index contributed by atoms with van der Waals surface area (Å²) < 4.78 is 0. The predicted molar refractivity (Wildman–Crippen MR) is 128 cm³/mol. The maximum atomic E-state index is 4.43. The Kier molecular flexibility index (Phi) is 9.23. The maximum absolute atomic E-state index is 4.43. The van der Waals surface area contributed by atoms with Crippen LogP contribution >= 0.6 is 0 Å². The van der Waals surface area contributed by atoms with Crippen LogP contribution in [0.3, 0.4) is 0 Å². The number of nitrogens with one attached hydrogen (secondary N) is 2. The van der Waals surface area contributed by atoms with Crippen molar-refractivity contribution in [3.05, 3.63) is 109 Å². The highest BCUT2D eigenvalue weighted by atomic mass is 15.5. The van der Waals surface area contributed by atoms with Gasteiger partial charge in [0.05, 0.1) is 11.4 Å². The molecule has 0 bridgehead atoms. The summed E-state index contributed by atoms with van der Waals surface area (Å²) in [5.74, 6) is 0. The van der Waals surface area contributed by atoms with Crippen LogP contribution in [-0.4, -0.2) is 29.6 Å². The summed E-state index contributed by atoms with van der Waals surface area (Å²) in [5.41, 5.74) is 12.0. The van der Waals surface area contributed by atoms with Crippen LogP contribution in [-0.2, 0) is 13.0 Å². The van der Waals surface area contributed by atoms with Crippen LogP contribution in [0.15, 0.2) is 91.9 Å². The molecule has 0 aliphatic carbocycles. The van der Waals surface area contributed by atoms with E-state index < -0.39 is 0 Å². The van der Waals surface area contributed by atoms with Crippen LogP contribution in [0.2, 0.25) is 0 Å². The van der Waals surface area contributed by atoms with E-state index in [-0.39, 0.29) is 6.17 Å². The molecule has 1 atom stereocenters. The van der Waals surface area contributed by atoms with Crippen molar-refractivity contribution in [1.82, 2.24) is 20.7 Å². The second kappa shape index (κ2) is 11.9. The number of benzene rings is 2. The minimum absolute atomic E-state index is 0.0369. The Morgan fingerprint density at radius 1 is 1.00 bits per heavy atom. The molecule has 0 aromatic heterocycles. The van der Waals surface area contributed by atoms with E-state index in [1.165, 1.54) is 16.7 Å². The average Bonchev–Trinajstić information content (AvgIpc) is 2.76. The predicted octanol–water partition coefficient (Wildman–Crippen LogP) is 4.97. The first-order chi connectivity index (χ1) is 14.5. The largest absolute Gasteiger partial charge is 0.373 e. The van der Waals surface area contributed by atoms with Crippen LogP contribution in [0, 0.1) is 6.92 Å². The Morgan fingerprint density at radius 3 is 2.27 bits per heavy atom. The summed E-state index contributed by atoms with van der Waals surface area (Å²) in [6.07, 6.45) is 3.48. The molecule has 1 unspecified atom stereocenters. The van der Waals surface area contributed by atoms with Gasteiger partial charge in [0.1, 0.15) is 6.17 Å². The van der Waals surface area contributed by atoms with E-state index in [1.54, 1.807) is 6.20 Å². The van der Waals surface area contributed by atoms with Gasteiger partial charge in [0.25, 0.3) is 0 Å². The fraction of sp³-hybridized carbons (Fsp3) is 0.308. The number of hydrogen-bond donors (Lipinski definition) is 2. The Bertz CT molecular complexity index is 811. The Balaban J connectivity index is 2.34. The van der Waals surface area contributed by atoms with Crippen molar-refractivity contribution < 1.29 is 0 Å². The maximum Gasteiger partial charge on any atom is 0.101 e. The summed E-state index contributed by atoms with van der Waals surface area (Å²) in [7, 11) is 2.07. The number of hydrazine groups is 1. The molecule has 0 saturated carbocycles. The van der Waals surface area contributed by atoms with Crippen LogP contribution in [0.4, 0.5) is 0 Å². The van der Waals surface area contributed by atoms with Gasteiger partial charge < -0.3 is 15.2 Å². The van der Waals surface area contributed by atoms with Crippen molar-refractivity contribution >= 4 is 0 Å². The molecule has 0 spiro atoms. The molecule has 4 nitrogen and oxygen atoms in total. The first-order valence-electron chi connectivity index (χ1n) is 10.5. The van der Waals surface area contributed by atoms with E-state index >= 15 is 0 Å². The molecular weight excluding hydrogens is 368 g/mol. The summed E-state index contributed by atoms with van der Waals surface area (Å²) in [5, 5.41) is 0. The number of aryl methyl sites for hydroxylation is 1. The lowest BCUT2D eigenvalue weighted by atomic mass is 10.1. The average molecular weight is 405 g/mol.